The van der Waals surface area contributed by atoms with Gasteiger partial charge in [-0.1, -0.05) is 56.8 Å². The van der Waals surface area contributed by atoms with Gasteiger partial charge in [-0.2, -0.15) is 0 Å². The summed E-state index contributed by atoms with van der Waals surface area (Å²) in [6, 6.07) is 7.46. The first-order chi connectivity index (χ1) is 12.9. The van der Waals surface area contributed by atoms with Gasteiger partial charge < -0.3 is 10.1 Å². The molecule has 0 saturated heterocycles. The molecule has 0 saturated carbocycles. The van der Waals surface area contributed by atoms with E-state index in [2.05, 4.69) is 39.6 Å². The van der Waals surface area contributed by atoms with E-state index in [4.69, 9.17) is 4.74 Å². The molecule has 1 heterocycles. The zero-order valence-corrected chi connectivity index (χ0v) is 16.9. The number of carbonyl (C=O) groups excluding carboxylic acids is 2. The molecule has 1 amide bonds. The Hall–Kier alpha value is -2.35. The second-order valence-corrected chi connectivity index (χ2v) is 7.52. The highest BCUT2D eigenvalue weighted by molar-refractivity contribution is 7.99. The number of carbonyl (C=O) groups is 2. The molecule has 1 aromatic heterocycles. The van der Waals surface area contributed by atoms with Crippen LogP contribution in [0.3, 0.4) is 0 Å². The van der Waals surface area contributed by atoms with Crippen LogP contribution in [0.5, 0.6) is 0 Å². The molecule has 0 bridgehead atoms. The van der Waals surface area contributed by atoms with Gasteiger partial charge in [0.1, 0.15) is 6.04 Å². The molecule has 1 aromatic carbocycles. The average molecular weight is 391 g/mol. The van der Waals surface area contributed by atoms with Gasteiger partial charge >= 0.3 is 5.97 Å². The van der Waals surface area contributed by atoms with Gasteiger partial charge in [0.15, 0.2) is 5.82 Å². The molecule has 0 unspecified atom stereocenters. The van der Waals surface area contributed by atoms with Crippen LogP contribution in [-0.2, 0) is 20.7 Å². The van der Waals surface area contributed by atoms with Crippen LogP contribution in [0, 0.1) is 5.92 Å². The highest BCUT2D eigenvalue weighted by Crippen LogP contribution is 2.20. The minimum absolute atomic E-state index is 0.123. The minimum atomic E-state index is -0.636. The molecule has 2 rings (SSSR count). The molecule has 8 heteroatoms. The Kier molecular flexibility index (Phi) is 7.84. The first-order valence-electron chi connectivity index (χ1n) is 8.94. The van der Waals surface area contributed by atoms with E-state index >= 15 is 0 Å². The SMILES string of the molecule is CCc1ccc(-c2nc(SCC(=O)N[C@H](CC(C)C)C(=O)OC)n[nH]2)cc1. The van der Waals surface area contributed by atoms with Crippen LogP contribution in [0.15, 0.2) is 29.4 Å². The third kappa shape index (κ3) is 6.39. The second kappa shape index (κ2) is 10.1. The zero-order valence-electron chi connectivity index (χ0n) is 16.1. The van der Waals surface area contributed by atoms with Crippen LogP contribution in [0.2, 0.25) is 0 Å². The van der Waals surface area contributed by atoms with Crippen molar-refractivity contribution in [1.82, 2.24) is 20.5 Å². The number of nitrogens with one attached hydrogen (secondary N) is 2. The number of esters is 1. The molecular weight excluding hydrogens is 364 g/mol. The summed E-state index contributed by atoms with van der Waals surface area (Å²) in [6.45, 7) is 6.08. The van der Waals surface area contributed by atoms with Crippen LogP contribution in [0.4, 0.5) is 0 Å². The topological polar surface area (TPSA) is 97.0 Å². The number of methoxy groups -OCH3 is 1. The van der Waals surface area contributed by atoms with Crippen molar-refractivity contribution < 1.29 is 14.3 Å². The smallest absolute Gasteiger partial charge is 0.328 e. The van der Waals surface area contributed by atoms with Crippen LogP contribution < -0.4 is 5.32 Å². The molecule has 0 radical (unpaired) electrons. The number of aromatic amines is 1. The first kappa shape index (κ1) is 21.0. The minimum Gasteiger partial charge on any atom is -0.467 e. The summed E-state index contributed by atoms with van der Waals surface area (Å²) >= 11 is 1.21. The predicted molar refractivity (Wildman–Crippen MR) is 105 cm³/mol. The summed E-state index contributed by atoms with van der Waals surface area (Å²) in [7, 11) is 1.32. The molecule has 2 aromatic rings. The summed E-state index contributed by atoms with van der Waals surface area (Å²) in [5.74, 6) is 0.356. The van der Waals surface area contributed by atoms with Gasteiger partial charge in [-0.15, -0.1) is 5.10 Å². The molecule has 0 aliphatic carbocycles. The van der Waals surface area contributed by atoms with E-state index in [-0.39, 0.29) is 17.6 Å². The van der Waals surface area contributed by atoms with Crippen molar-refractivity contribution >= 4 is 23.6 Å². The summed E-state index contributed by atoms with van der Waals surface area (Å²) in [5, 5.41) is 10.2. The highest BCUT2D eigenvalue weighted by atomic mass is 32.2. The van der Waals surface area contributed by atoms with Crippen molar-refractivity contribution in [2.24, 2.45) is 5.92 Å². The van der Waals surface area contributed by atoms with Crippen LogP contribution in [0.1, 0.15) is 32.8 Å². The van der Waals surface area contributed by atoms with Crippen molar-refractivity contribution in [3.63, 3.8) is 0 Å². The number of ether oxygens (including phenoxy) is 1. The summed E-state index contributed by atoms with van der Waals surface area (Å²) in [5.41, 5.74) is 2.20. The largest absolute Gasteiger partial charge is 0.467 e. The molecule has 0 fully saturated rings. The Labute approximate surface area is 163 Å². The zero-order chi connectivity index (χ0) is 19.8. The maximum Gasteiger partial charge on any atom is 0.328 e. The van der Waals surface area contributed by atoms with E-state index in [9.17, 15) is 9.59 Å². The van der Waals surface area contributed by atoms with Gasteiger partial charge in [0.25, 0.3) is 0 Å². The molecule has 146 valence electrons. The van der Waals surface area contributed by atoms with Gasteiger partial charge in [0.2, 0.25) is 11.1 Å². The van der Waals surface area contributed by atoms with Crippen molar-refractivity contribution in [3.05, 3.63) is 29.8 Å². The number of aryl methyl sites for hydroxylation is 1. The monoisotopic (exact) mass is 390 g/mol. The number of hydrogen-bond acceptors (Lipinski definition) is 6. The quantitative estimate of drug-likeness (QED) is 0.505. The number of H-pyrrole nitrogens is 1. The lowest BCUT2D eigenvalue weighted by molar-refractivity contribution is -0.145. The van der Waals surface area contributed by atoms with E-state index in [0.717, 1.165) is 12.0 Å². The lowest BCUT2D eigenvalue weighted by Crippen LogP contribution is -2.43. The van der Waals surface area contributed by atoms with Crippen molar-refractivity contribution in [3.8, 4) is 11.4 Å². The first-order valence-corrected chi connectivity index (χ1v) is 9.93. The average Bonchev–Trinajstić information content (AvgIpc) is 3.14. The molecule has 0 aliphatic heterocycles. The third-order valence-corrected chi connectivity index (χ3v) is 4.81. The molecule has 0 aliphatic rings. The van der Waals surface area contributed by atoms with Gasteiger partial charge in [-0.3, -0.25) is 9.89 Å². The van der Waals surface area contributed by atoms with E-state index < -0.39 is 12.0 Å². The Bertz CT molecular complexity index is 759. The highest BCUT2D eigenvalue weighted by Gasteiger charge is 2.22. The van der Waals surface area contributed by atoms with Gasteiger partial charge in [0, 0.05) is 5.56 Å². The number of hydrogen-bond donors (Lipinski definition) is 2. The van der Waals surface area contributed by atoms with Crippen molar-refractivity contribution in [1.29, 1.82) is 0 Å². The summed E-state index contributed by atoms with van der Waals surface area (Å²) in [4.78, 5) is 28.4. The van der Waals surface area contributed by atoms with E-state index in [1.807, 2.05) is 26.0 Å². The molecule has 0 spiro atoms. The molecule has 1 atom stereocenters. The maximum absolute atomic E-state index is 12.2. The fourth-order valence-electron chi connectivity index (χ4n) is 2.53. The number of amides is 1. The van der Waals surface area contributed by atoms with Crippen LogP contribution in [0.25, 0.3) is 11.4 Å². The molecular formula is C19H26N4O3S. The van der Waals surface area contributed by atoms with Crippen LogP contribution in [-0.4, -0.2) is 46.0 Å². The summed E-state index contributed by atoms with van der Waals surface area (Å²) in [6.07, 6.45) is 1.51. The van der Waals surface area contributed by atoms with E-state index in [1.54, 1.807) is 0 Å². The van der Waals surface area contributed by atoms with Gasteiger partial charge in [0.05, 0.1) is 12.9 Å². The Morgan fingerprint density at radius 2 is 1.96 bits per heavy atom. The number of rotatable bonds is 9. The van der Waals surface area contributed by atoms with Gasteiger partial charge in [-0.25, -0.2) is 9.78 Å². The van der Waals surface area contributed by atoms with Crippen LogP contribution >= 0.6 is 11.8 Å². The second-order valence-electron chi connectivity index (χ2n) is 6.58. The molecule has 27 heavy (non-hydrogen) atoms. The predicted octanol–water partition coefficient (Wildman–Crippen LogP) is 2.83. The normalized spacial score (nSPS) is 12.0. The lowest BCUT2D eigenvalue weighted by Gasteiger charge is -2.17. The van der Waals surface area contributed by atoms with Gasteiger partial charge in [-0.05, 0) is 24.3 Å². The summed E-state index contributed by atoms with van der Waals surface area (Å²) < 4.78 is 4.76. The number of thioether (sulfide) groups is 1. The van der Waals surface area contributed by atoms with E-state index in [1.165, 1.54) is 24.4 Å². The molecule has 7 nitrogen and oxygen atoms in total. The van der Waals surface area contributed by atoms with Crippen molar-refractivity contribution in [2.75, 3.05) is 12.9 Å². The lowest BCUT2D eigenvalue weighted by atomic mass is 10.0. The number of nitrogens with zero attached hydrogens (tertiary/aromatic N) is 2. The van der Waals surface area contributed by atoms with Crippen molar-refractivity contribution in [2.45, 2.75) is 44.8 Å². The standard InChI is InChI=1S/C19H26N4O3S/c1-5-13-6-8-14(9-7-13)17-21-19(23-22-17)27-11-16(24)20-15(10-12(2)3)18(25)26-4/h6-9,12,15H,5,10-11H2,1-4H3,(H,20,24)(H,21,22,23)/t15-/m1/s1. The number of aromatic nitrogens is 3. The van der Waals surface area contributed by atoms with E-state index in [0.29, 0.717) is 17.4 Å². The fraction of sp³-hybridized carbons (Fsp3) is 0.474. The Morgan fingerprint density at radius 1 is 1.26 bits per heavy atom. The maximum atomic E-state index is 12.2. The third-order valence-electron chi connectivity index (χ3n) is 3.96. The Balaban J connectivity index is 1.91. The Morgan fingerprint density at radius 3 is 2.56 bits per heavy atom. The fourth-order valence-corrected chi connectivity index (χ4v) is 3.14. The number of benzene rings is 1. The molecule has 2 N–H and O–H groups in total.